The van der Waals surface area contributed by atoms with E-state index in [9.17, 15) is 4.79 Å². The molecule has 3 aliphatic heterocycles. The molecule has 10 heteroatoms. The van der Waals surface area contributed by atoms with Crippen molar-refractivity contribution < 1.29 is 9.53 Å². The van der Waals surface area contributed by atoms with Crippen LogP contribution in [-0.4, -0.2) is 96.3 Å². The predicted molar refractivity (Wildman–Crippen MR) is 173 cm³/mol. The summed E-state index contributed by atoms with van der Waals surface area (Å²) in [5, 5.41) is 4.74. The van der Waals surface area contributed by atoms with Crippen LogP contribution in [0.25, 0.3) is 10.2 Å². The molecule has 0 radical (unpaired) electrons. The second-order valence-corrected chi connectivity index (χ2v) is 13.8. The monoisotopic (exact) mass is 601 g/mol. The zero-order chi connectivity index (χ0) is 29.3. The lowest BCUT2D eigenvalue weighted by Gasteiger charge is -2.37. The number of thiophene rings is 1. The molecule has 228 valence electrons. The molecule has 2 fully saturated rings. The van der Waals surface area contributed by atoms with Gasteiger partial charge in [-0.3, -0.25) is 14.7 Å². The topological polar surface area (TPSA) is 86.2 Å². The number of aryl methyl sites for hydroxylation is 1. The lowest BCUT2D eigenvalue weighted by molar-refractivity contribution is -0.137. The predicted octanol–water partition coefficient (Wildman–Crippen LogP) is 4.89. The number of carbonyl (C=O) groups is 1. The van der Waals surface area contributed by atoms with Crippen molar-refractivity contribution in [2.75, 3.05) is 58.7 Å². The van der Waals surface area contributed by atoms with Crippen LogP contribution in [0.15, 0.2) is 23.5 Å². The highest BCUT2D eigenvalue weighted by Gasteiger charge is 2.33. The molecule has 0 spiro atoms. The Morgan fingerprint density at radius 1 is 1.09 bits per heavy atom. The van der Waals surface area contributed by atoms with E-state index >= 15 is 0 Å². The minimum atomic E-state index is 0.0525. The summed E-state index contributed by atoms with van der Waals surface area (Å²) in [5.41, 5.74) is 4.53. The highest BCUT2D eigenvalue weighted by atomic mass is 32.1. The van der Waals surface area contributed by atoms with E-state index in [1.54, 1.807) is 17.7 Å². The third-order valence-electron chi connectivity index (χ3n) is 9.80. The molecule has 4 aliphatic rings. The second-order valence-electron chi connectivity index (χ2n) is 12.8. The van der Waals surface area contributed by atoms with Crippen molar-refractivity contribution in [3.63, 3.8) is 0 Å². The van der Waals surface area contributed by atoms with E-state index in [4.69, 9.17) is 9.72 Å². The average Bonchev–Trinajstić information content (AvgIpc) is 3.65. The third kappa shape index (κ3) is 6.01. The van der Waals surface area contributed by atoms with E-state index in [1.807, 2.05) is 6.21 Å². The van der Waals surface area contributed by atoms with E-state index in [0.29, 0.717) is 25.1 Å². The molecule has 1 N–H and O–H groups in total. The Bertz CT molecular complexity index is 1500. The molecule has 1 amide bonds. The van der Waals surface area contributed by atoms with E-state index in [0.717, 1.165) is 97.9 Å². The Morgan fingerprint density at radius 2 is 1.93 bits per heavy atom. The van der Waals surface area contributed by atoms with Crippen LogP contribution in [0.4, 0.5) is 11.5 Å². The molecule has 5 heterocycles. The van der Waals surface area contributed by atoms with Gasteiger partial charge in [-0.25, -0.2) is 9.97 Å². The van der Waals surface area contributed by atoms with Crippen LogP contribution < -0.4 is 10.1 Å². The number of benzene rings is 1. The maximum Gasteiger partial charge on any atom is 0.226 e. The number of nitrogens with one attached hydrogen (secondary N) is 1. The number of nitrogens with zero attached hydrogens (tertiary/aromatic N) is 6. The molecular formula is C33H43N7O2S. The Morgan fingerprint density at radius 3 is 2.74 bits per heavy atom. The molecule has 9 nitrogen and oxygen atoms in total. The van der Waals surface area contributed by atoms with Gasteiger partial charge in [-0.05, 0) is 101 Å². The number of likely N-dealkylation sites (tertiary alicyclic amines) is 2. The third-order valence-corrected chi connectivity index (χ3v) is 11.0. The molecule has 0 unspecified atom stereocenters. The largest absolute Gasteiger partial charge is 0.490 e. The first-order chi connectivity index (χ1) is 21.0. The van der Waals surface area contributed by atoms with Crippen molar-refractivity contribution in [3.8, 4) is 5.75 Å². The average molecular weight is 602 g/mol. The Kier molecular flexibility index (Phi) is 8.33. The number of aliphatic imine (C=N–C) groups is 1. The fraction of sp³-hybridized carbons (Fsp3) is 0.576. The summed E-state index contributed by atoms with van der Waals surface area (Å²) in [6.07, 6.45) is 12.1. The van der Waals surface area contributed by atoms with Crippen LogP contribution >= 0.6 is 11.3 Å². The van der Waals surface area contributed by atoms with Gasteiger partial charge in [0, 0.05) is 42.7 Å². The minimum Gasteiger partial charge on any atom is -0.490 e. The molecule has 7 rings (SSSR count). The lowest BCUT2D eigenvalue weighted by atomic mass is 9.86. The summed E-state index contributed by atoms with van der Waals surface area (Å²) in [4.78, 5) is 36.6. The van der Waals surface area contributed by atoms with Gasteiger partial charge in [0.15, 0.2) is 0 Å². The van der Waals surface area contributed by atoms with Crippen LogP contribution in [0.3, 0.4) is 0 Å². The molecular weight excluding hydrogens is 558 g/mol. The fourth-order valence-electron chi connectivity index (χ4n) is 7.23. The number of carbonyl (C=O) groups excluding carboxylic acids is 1. The number of piperidine rings is 2. The molecule has 3 aromatic rings. The van der Waals surface area contributed by atoms with Gasteiger partial charge < -0.3 is 19.9 Å². The molecule has 0 saturated carbocycles. The first-order valence-electron chi connectivity index (χ1n) is 16.0. The van der Waals surface area contributed by atoms with Crippen LogP contribution in [0.1, 0.15) is 60.1 Å². The van der Waals surface area contributed by atoms with Gasteiger partial charge >= 0.3 is 0 Å². The van der Waals surface area contributed by atoms with E-state index in [2.05, 4.69) is 56.2 Å². The van der Waals surface area contributed by atoms with E-state index in [-0.39, 0.29) is 5.92 Å². The molecule has 1 aliphatic carbocycles. The quantitative estimate of drug-likeness (QED) is 0.394. The van der Waals surface area contributed by atoms with Gasteiger partial charge in [-0.15, -0.1) is 11.3 Å². The first-order valence-corrected chi connectivity index (χ1v) is 16.8. The zero-order valence-electron chi connectivity index (χ0n) is 25.5. The van der Waals surface area contributed by atoms with Crippen molar-refractivity contribution >= 4 is 45.2 Å². The highest BCUT2D eigenvalue weighted by molar-refractivity contribution is 7.19. The van der Waals surface area contributed by atoms with Crippen molar-refractivity contribution in [2.24, 2.45) is 10.9 Å². The van der Waals surface area contributed by atoms with E-state index in [1.165, 1.54) is 35.3 Å². The summed E-state index contributed by atoms with van der Waals surface area (Å²) in [7, 11) is 4.28. The smallest absolute Gasteiger partial charge is 0.226 e. The number of ether oxygens (including phenoxy) is 1. The van der Waals surface area contributed by atoms with Crippen molar-refractivity contribution in [1.29, 1.82) is 0 Å². The molecule has 1 aromatic carbocycles. The number of aromatic nitrogens is 2. The Balaban J connectivity index is 1.09. The zero-order valence-corrected chi connectivity index (χ0v) is 26.3. The van der Waals surface area contributed by atoms with Gasteiger partial charge in [0.25, 0.3) is 0 Å². The summed E-state index contributed by atoms with van der Waals surface area (Å²) >= 11 is 1.72. The van der Waals surface area contributed by atoms with Crippen LogP contribution in [-0.2, 0) is 24.2 Å². The Labute approximate surface area is 258 Å². The van der Waals surface area contributed by atoms with Gasteiger partial charge in [-0.2, -0.15) is 0 Å². The van der Waals surface area contributed by atoms with Crippen molar-refractivity contribution in [3.05, 3.63) is 40.0 Å². The first kappa shape index (κ1) is 28.7. The van der Waals surface area contributed by atoms with Crippen LogP contribution in [0, 0.1) is 5.92 Å². The fourth-order valence-corrected chi connectivity index (χ4v) is 8.49. The Hall–Kier alpha value is -3.08. The molecule has 0 bridgehead atoms. The standard InChI is InChI=1S/C33H43N7O2S/c1-38(2)25-8-12-40(13-9-25)33(41)22-6-7-26-29(18-22)43-32-30(26)31(35-21-36-32)37-27-16-23-19-34-20-24(23)17-28(27)42-15-14-39-10-4-3-5-11-39/h16-17,19,21-22,25H,3-15,18,20H2,1-2H3,(H,35,36,37)/t22-/m0/s1. The lowest BCUT2D eigenvalue weighted by Crippen LogP contribution is -2.47. The number of rotatable bonds is 8. The van der Waals surface area contributed by atoms with Gasteiger partial charge in [0.05, 0.1) is 17.6 Å². The number of hydrogen-bond acceptors (Lipinski definition) is 9. The van der Waals surface area contributed by atoms with Gasteiger partial charge in [-0.1, -0.05) is 6.42 Å². The SMILES string of the molecule is CN(C)C1CCN(C(=O)[C@H]2CCc3c(sc4ncnc(Nc5cc6c(cc5OCCN5CCCCC5)CN=C6)c34)C2)CC1. The molecule has 2 aromatic heterocycles. The second kappa shape index (κ2) is 12.5. The molecule has 1 atom stereocenters. The van der Waals surface area contributed by atoms with Crippen molar-refractivity contribution in [1.82, 2.24) is 24.7 Å². The summed E-state index contributed by atoms with van der Waals surface area (Å²) in [5.74, 6) is 2.04. The molecule has 2 saturated heterocycles. The minimum absolute atomic E-state index is 0.0525. The van der Waals surface area contributed by atoms with Gasteiger partial charge in [0.1, 0.15) is 29.3 Å². The highest BCUT2D eigenvalue weighted by Crippen LogP contribution is 2.42. The number of fused-ring (bicyclic) bond motifs is 4. The maximum absolute atomic E-state index is 13.5. The molecule has 43 heavy (non-hydrogen) atoms. The van der Waals surface area contributed by atoms with Gasteiger partial charge in [0.2, 0.25) is 5.91 Å². The normalized spacial score (nSPS) is 20.9. The maximum atomic E-state index is 13.5. The van der Waals surface area contributed by atoms with Crippen molar-refractivity contribution in [2.45, 2.75) is 64.0 Å². The van der Waals surface area contributed by atoms with E-state index < -0.39 is 0 Å². The van der Waals surface area contributed by atoms with Crippen LogP contribution in [0.5, 0.6) is 5.75 Å². The summed E-state index contributed by atoms with van der Waals surface area (Å²) in [6, 6.07) is 4.86. The summed E-state index contributed by atoms with van der Waals surface area (Å²) < 4.78 is 6.42. The number of hydrogen-bond donors (Lipinski definition) is 1. The number of amides is 1. The summed E-state index contributed by atoms with van der Waals surface area (Å²) in [6.45, 7) is 6.35. The number of anilines is 2. The van der Waals surface area contributed by atoms with Crippen LogP contribution in [0.2, 0.25) is 0 Å².